The first kappa shape index (κ1) is 14.2. The second-order valence-corrected chi connectivity index (χ2v) is 5.81. The van der Waals surface area contributed by atoms with Crippen LogP contribution in [0.3, 0.4) is 0 Å². The van der Waals surface area contributed by atoms with Gasteiger partial charge in [-0.15, -0.1) is 0 Å². The van der Waals surface area contributed by atoms with E-state index in [0.717, 1.165) is 36.6 Å². The summed E-state index contributed by atoms with van der Waals surface area (Å²) in [5.74, 6) is -0.956. The molecular weight excluding hydrogens is 268 g/mol. The fourth-order valence-corrected chi connectivity index (χ4v) is 3.60. The van der Waals surface area contributed by atoms with Crippen molar-refractivity contribution in [2.24, 2.45) is 0 Å². The summed E-state index contributed by atoms with van der Waals surface area (Å²) in [6.07, 6.45) is 5.58. The van der Waals surface area contributed by atoms with E-state index in [9.17, 15) is 8.78 Å². The standard InChI is InChI=1S/C18H20F2N/c1-3-18(4-2)9-8-13-11-14(19)12-15(20)17(13)16-7-5-6-10-21(16)18/h5-7,10-12H,3-4,8-9H2,1-2H3/q+1. The molecule has 0 amide bonds. The average molecular weight is 288 g/mol. The zero-order valence-corrected chi connectivity index (χ0v) is 12.5. The lowest BCUT2D eigenvalue weighted by Gasteiger charge is -2.26. The Labute approximate surface area is 124 Å². The third-order valence-corrected chi connectivity index (χ3v) is 4.94. The van der Waals surface area contributed by atoms with Gasteiger partial charge in [-0.2, -0.15) is 4.57 Å². The second-order valence-electron chi connectivity index (χ2n) is 5.81. The number of hydrogen-bond donors (Lipinski definition) is 0. The molecule has 1 aromatic heterocycles. The molecule has 0 fully saturated rings. The highest BCUT2D eigenvalue weighted by Gasteiger charge is 2.41. The van der Waals surface area contributed by atoms with Crippen LogP contribution in [0.5, 0.6) is 0 Å². The number of aromatic nitrogens is 1. The molecule has 1 aliphatic rings. The van der Waals surface area contributed by atoms with Crippen LogP contribution in [0.1, 0.15) is 38.7 Å². The van der Waals surface area contributed by atoms with Crippen LogP contribution in [0.2, 0.25) is 0 Å². The van der Waals surface area contributed by atoms with Gasteiger partial charge in [0, 0.05) is 37.5 Å². The van der Waals surface area contributed by atoms with E-state index >= 15 is 0 Å². The first-order valence-corrected chi connectivity index (χ1v) is 7.61. The predicted molar refractivity (Wildman–Crippen MR) is 78.9 cm³/mol. The molecule has 3 heteroatoms. The van der Waals surface area contributed by atoms with Gasteiger partial charge in [0.15, 0.2) is 11.7 Å². The van der Waals surface area contributed by atoms with Gasteiger partial charge in [-0.3, -0.25) is 0 Å². The second kappa shape index (κ2) is 5.21. The fourth-order valence-electron chi connectivity index (χ4n) is 3.60. The summed E-state index contributed by atoms with van der Waals surface area (Å²) in [5, 5.41) is 0. The zero-order chi connectivity index (χ0) is 15.0. The molecule has 0 unspecified atom stereocenters. The quantitative estimate of drug-likeness (QED) is 0.722. The molecule has 0 saturated carbocycles. The third kappa shape index (κ3) is 2.15. The number of nitrogens with zero attached hydrogens (tertiary/aromatic N) is 1. The van der Waals surface area contributed by atoms with Crippen molar-refractivity contribution < 1.29 is 13.3 Å². The van der Waals surface area contributed by atoms with E-state index < -0.39 is 11.6 Å². The van der Waals surface area contributed by atoms with Crippen molar-refractivity contribution in [2.75, 3.05) is 0 Å². The third-order valence-electron chi connectivity index (χ3n) is 4.94. The summed E-state index contributed by atoms with van der Waals surface area (Å²) >= 11 is 0. The zero-order valence-electron chi connectivity index (χ0n) is 12.5. The summed E-state index contributed by atoms with van der Waals surface area (Å²) < 4.78 is 30.2. The average Bonchev–Trinajstić information content (AvgIpc) is 2.62. The van der Waals surface area contributed by atoms with Crippen LogP contribution in [0, 0.1) is 11.6 Å². The fraction of sp³-hybridized carbons (Fsp3) is 0.389. The van der Waals surface area contributed by atoms with Crippen molar-refractivity contribution in [3.8, 4) is 11.3 Å². The minimum absolute atomic E-state index is 0.0292. The highest BCUT2D eigenvalue weighted by Crippen LogP contribution is 2.36. The maximum absolute atomic E-state index is 14.4. The summed E-state index contributed by atoms with van der Waals surface area (Å²) in [7, 11) is 0. The molecule has 110 valence electrons. The molecular formula is C18H20F2N+. The summed E-state index contributed by atoms with van der Waals surface area (Å²) in [4.78, 5) is 0. The van der Waals surface area contributed by atoms with Crippen LogP contribution in [-0.4, -0.2) is 0 Å². The van der Waals surface area contributed by atoms with Gasteiger partial charge in [-0.1, -0.05) is 13.8 Å². The summed E-state index contributed by atoms with van der Waals surface area (Å²) in [6.45, 7) is 4.33. The van der Waals surface area contributed by atoms with E-state index in [1.54, 1.807) is 0 Å². The van der Waals surface area contributed by atoms with Crippen LogP contribution >= 0.6 is 0 Å². The van der Waals surface area contributed by atoms with E-state index in [4.69, 9.17) is 0 Å². The van der Waals surface area contributed by atoms with Gasteiger partial charge in [0.25, 0.3) is 0 Å². The van der Waals surface area contributed by atoms with E-state index in [0.29, 0.717) is 12.0 Å². The molecule has 21 heavy (non-hydrogen) atoms. The van der Waals surface area contributed by atoms with Gasteiger partial charge in [0.2, 0.25) is 5.69 Å². The Bertz CT molecular complexity index is 675. The van der Waals surface area contributed by atoms with Crippen LogP contribution in [0.4, 0.5) is 8.78 Å². The molecule has 0 saturated heterocycles. The van der Waals surface area contributed by atoms with Gasteiger partial charge >= 0.3 is 0 Å². The van der Waals surface area contributed by atoms with Gasteiger partial charge in [0.05, 0.1) is 5.56 Å². The van der Waals surface area contributed by atoms with E-state index in [-0.39, 0.29) is 5.54 Å². The lowest BCUT2D eigenvalue weighted by molar-refractivity contribution is -0.757. The number of rotatable bonds is 2. The first-order valence-electron chi connectivity index (χ1n) is 7.61. The monoisotopic (exact) mass is 288 g/mol. The van der Waals surface area contributed by atoms with Crippen LogP contribution < -0.4 is 4.57 Å². The molecule has 1 aromatic carbocycles. The summed E-state index contributed by atoms with van der Waals surface area (Å²) in [6, 6.07) is 8.30. The Balaban J connectivity index is 2.33. The van der Waals surface area contributed by atoms with E-state index in [1.165, 1.54) is 6.07 Å². The molecule has 0 bridgehead atoms. The number of hydrogen-bond acceptors (Lipinski definition) is 0. The van der Waals surface area contributed by atoms with Gasteiger partial charge < -0.3 is 0 Å². The van der Waals surface area contributed by atoms with Crippen molar-refractivity contribution >= 4 is 0 Å². The molecule has 1 aliphatic heterocycles. The van der Waals surface area contributed by atoms with Crippen LogP contribution in [0.25, 0.3) is 11.3 Å². The molecule has 0 spiro atoms. The number of halogens is 2. The Morgan fingerprint density at radius 2 is 1.90 bits per heavy atom. The van der Waals surface area contributed by atoms with Crippen molar-refractivity contribution in [3.05, 3.63) is 53.7 Å². The molecule has 0 atom stereocenters. The van der Waals surface area contributed by atoms with E-state index in [1.807, 2.05) is 24.4 Å². The van der Waals surface area contributed by atoms with Crippen molar-refractivity contribution in [2.45, 2.75) is 45.1 Å². The molecule has 2 aromatic rings. The first-order chi connectivity index (χ1) is 10.1. The van der Waals surface area contributed by atoms with Crippen molar-refractivity contribution in [3.63, 3.8) is 0 Å². The molecule has 1 nitrogen and oxygen atoms in total. The van der Waals surface area contributed by atoms with Crippen LogP contribution in [0.15, 0.2) is 36.5 Å². The summed E-state index contributed by atoms with van der Waals surface area (Å²) in [5.41, 5.74) is 2.15. The molecule has 3 rings (SSSR count). The topological polar surface area (TPSA) is 3.88 Å². The van der Waals surface area contributed by atoms with Crippen molar-refractivity contribution in [1.29, 1.82) is 0 Å². The predicted octanol–water partition coefficient (Wildman–Crippen LogP) is 4.38. The number of benzene rings is 1. The van der Waals surface area contributed by atoms with Gasteiger partial charge in [-0.05, 0) is 24.1 Å². The Morgan fingerprint density at radius 3 is 2.62 bits per heavy atom. The number of pyridine rings is 1. The smallest absolute Gasteiger partial charge is 0.207 e. The molecule has 0 aliphatic carbocycles. The highest BCUT2D eigenvalue weighted by molar-refractivity contribution is 5.62. The van der Waals surface area contributed by atoms with E-state index in [2.05, 4.69) is 18.4 Å². The number of fused-ring (bicyclic) bond motifs is 3. The Morgan fingerprint density at radius 1 is 1.14 bits per heavy atom. The SMILES string of the molecule is CCC1(CC)CCc2cc(F)cc(F)c2-c2cccc[n+]21. The Kier molecular flexibility index (Phi) is 3.52. The highest BCUT2D eigenvalue weighted by atomic mass is 19.1. The van der Waals surface area contributed by atoms with Crippen LogP contribution in [-0.2, 0) is 12.0 Å². The van der Waals surface area contributed by atoms with Gasteiger partial charge in [-0.25, -0.2) is 8.78 Å². The molecule has 0 N–H and O–H groups in total. The minimum atomic E-state index is -0.491. The Hall–Kier alpha value is -1.77. The lowest BCUT2D eigenvalue weighted by Crippen LogP contribution is -2.56. The maximum Gasteiger partial charge on any atom is 0.216 e. The van der Waals surface area contributed by atoms with Crippen molar-refractivity contribution in [1.82, 2.24) is 0 Å². The minimum Gasteiger partial charge on any atom is -0.207 e. The van der Waals surface area contributed by atoms with Gasteiger partial charge in [0.1, 0.15) is 11.6 Å². The normalized spacial score (nSPS) is 16.0. The largest absolute Gasteiger partial charge is 0.216 e. The maximum atomic E-state index is 14.4. The lowest BCUT2D eigenvalue weighted by atomic mass is 9.86. The molecule has 2 heterocycles. The number of aryl methyl sites for hydroxylation is 1. The molecule has 0 radical (unpaired) electrons.